The van der Waals surface area contributed by atoms with Gasteiger partial charge in [0.2, 0.25) is 10.0 Å². The van der Waals surface area contributed by atoms with Gasteiger partial charge >= 0.3 is 5.97 Å². The predicted molar refractivity (Wildman–Crippen MR) is 91.3 cm³/mol. The lowest BCUT2D eigenvalue weighted by Gasteiger charge is -2.26. The molecule has 2 aliphatic rings. The number of hydrogen-bond donors (Lipinski definition) is 0. The molecule has 132 valence electrons. The first-order valence-corrected chi connectivity index (χ1v) is 10.3. The Kier molecular flexibility index (Phi) is 5.56. The number of carbonyl (C=O) groups is 1. The van der Waals surface area contributed by atoms with Crippen molar-refractivity contribution in [3.63, 3.8) is 0 Å². The van der Waals surface area contributed by atoms with Gasteiger partial charge in [0.1, 0.15) is 6.10 Å². The molecule has 1 saturated heterocycles. The number of sulfonamides is 1. The minimum Gasteiger partial charge on any atom is -0.459 e. The first kappa shape index (κ1) is 17.4. The fourth-order valence-electron chi connectivity index (χ4n) is 3.44. The zero-order valence-electron chi connectivity index (χ0n) is 13.9. The molecular weight excluding hydrogens is 326 g/mol. The topological polar surface area (TPSA) is 63.7 Å². The van der Waals surface area contributed by atoms with Gasteiger partial charge in [-0.05, 0) is 56.7 Å². The molecule has 0 unspecified atom stereocenters. The van der Waals surface area contributed by atoms with Crippen LogP contribution in [0, 0.1) is 0 Å². The van der Waals surface area contributed by atoms with E-state index >= 15 is 0 Å². The second-order valence-electron chi connectivity index (χ2n) is 6.66. The van der Waals surface area contributed by atoms with Crippen molar-refractivity contribution in [2.45, 2.75) is 62.4 Å². The summed E-state index contributed by atoms with van der Waals surface area (Å²) in [7, 11) is -3.53. The first-order valence-electron chi connectivity index (χ1n) is 8.88. The lowest BCUT2D eigenvalue weighted by molar-refractivity contribution is 0.0211. The van der Waals surface area contributed by atoms with Gasteiger partial charge in [-0.15, -0.1) is 0 Å². The Bertz CT molecular complexity index is 674. The summed E-state index contributed by atoms with van der Waals surface area (Å²) in [5.74, 6) is -0.419. The fourth-order valence-corrected chi connectivity index (χ4v) is 5.00. The van der Waals surface area contributed by atoms with E-state index in [4.69, 9.17) is 4.74 Å². The summed E-state index contributed by atoms with van der Waals surface area (Å²) in [6, 6.07) is 6.26. The molecule has 0 bridgehead atoms. The summed E-state index contributed by atoms with van der Waals surface area (Å²) in [6.45, 7) is 1.11. The van der Waals surface area contributed by atoms with Crippen molar-refractivity contribution in [3.8, 4) is 0 Å². The van der Waals surface area contributed by atoms with E-state index in [1.54, 1.807) is 18.2 Å². The van der Waals surface area contributed by atoms with Crippen LogP contribution in [0.5, 0.6) is 0 Å². The van der Waals surface area contributed by atoms with Crippen LogP contribution in [0.3, 0.4) is 0 Å². The minimum absolute atomic E-state index is 0.0337. The third kappa shape index (κ3) is 3.98. The number of benzene rings is 1. The second-order valence-corrected chi connectivity index (χ2v) is 8.60. The van der Waals surface area contributed by atoms with E-state index in [0.29, 0.717) is 18.7 Å². The van der Waals surface area contributed by atoms with Gasteiger partial charge in [-0.2, -0.15) is 4.31 Å². The number of ether oxygens (including phenoxy) is 1. The number of nitrogens with zero attached hydrogens (tertiary/aromatic N) is 1. The summed E-state index contributed by atoms with van der Waals surface area (Å²) >= 11 is 0. The summed E-state index contributed by atoms with van der Waals surface area (Å²) in [5, 5.41) is 0. The molecule has 0 atom stereocenters. The van der Waals surface area contributed by atoms with Gasteiger partial charge in [0.25, 0.3) is 0 Å². The number of rotatable bonds is 4. The van der Waals surface area contributed by atoms with Gasteiger partial charge in [0, 0.05) is 13.1 Å². The van der Waals surface area contributed by atoms with Crippen LogP contribution in [-0.2, 0) is 14.8 Å². The van der Waals surface area contributed by atoms with Crippen molar-refractivity contribution in [2.24, 2.45) is 0 Å². The van der Waals surface area contributed by atoms with E-state index in [0.717, 1.165) is 44.9 Å². The molecule has 0 N–H and O–H groups in total. The Morgan fingerprint density at radius 2 is 1.67 bits per heavy atom. The van der Waals surface area contributed by atoms with Crippen LogP contribution in [0.15, 0.2) is 29.2 Å². The Morgan fingerprint density at radius 1 is 1.00 bits per heavy atom. The lowest BCUT2D eigenvalue weighted by Crippen LogP contribution is -2.35. The largest absolute Gasteiger partial charge is 0.459 e. The highest BCUT2D eigenvalue weighted by Gasteiger charge is 2.27. The summed E-state index contributed by atoms with van der Waals surface area (Å²) in [4.78, 5) is 12.5. The summed E-state index contributed by atoms with van der Waals surface area (Å²) < 4.78 is 32.5. The number of piperidine rings is 1. The molecule has 1 aliphatic carbocycles. The normalized spacial score (nSPS) is 20.7. The third-order valence-corrected chi connectivity index (χ3v) is 6.74. The highest BCUT2D eigenvalue weighted by atomic mass is 32.2. The van der Waals surface area contributed by atoms with Crippen LogP contribution in [0.25, 0.3) is 0 Å². The average molecular weight is 351 g/mol. The smallest absolute Gasteiger partial charge is 0.338 e. The van der Waals surface area contributed by atoms with E-state index in [1.807, 2.05) is 0 Å². The maximum absolute atomic E-state index is 12.7. The Balaban J connectivity index is 1.74. The zero-order valence-corrected chi connectivity index (χ0v) is 14.8. The van der Waals surface area contributed by atoms with E-state index < -0.39 is 16.0 Å². The van der Waals surface area contributed by atoms with Crippen molar-refractivity contribution in [2.75, 3.05) is 13.1 Å². The van der Waals surface area contributed by atoms with Crippen molar-refractivity contribution >= 4 is 16.0 Å². The molecule has 5 nitrogen and oxygen atoms in total. The highest BCUT2D eigenvalue weighted by Crippen LogP contribution is 2.24. The second kappa shape index (κ2) is 7.66. The molecule has 1 aromatic rings. The molecule has 1 aliphatic heterocycles. The molecule has 0 aromatic heterocycles. The van der Waals surface area contributed by atoms with Crippen LogP contribution in [0.1, 0.15) is 61.7 Å². The van der Waals surface area contributed by atoms with Gasteiger partial charge in [-0.1, -0.05) is 18.9 Å². The molecule has 3 rings (SSSR count). The average Bonchev–Trinajstić information content (AvgIpc) is 2.63. The Labute approximate surface area is 144 Å². The highest BCUT2D eigenvalue weighted by molar-refractivity contribution is 7.89. The molecule has 0 radical (unpaired) electrons. The van der Waals surface area contributed by atoms with Gasteiger partial charge in [0.15, 0.2) is 0 Å². The van der Waals surface area contributed by atoms with E-state index in [-0.39, 0.29) is 11.0 Å². The summed E-state index contributed by atoms with van der Waals surface area (Å²) in [6.07, 6.45) is 7.98. The van der Waals surface area contributed by atoms with Crippen LogP contribution < -0.4 is 0 Å². The maximum Gasteiger partial charge on any atom is 0.338 e. The van der Waals surface area contributed by atoms with Crippen molar-refractivity contribution in [1.29, 1.82) is 0 Å². The molecule has 6 heteroatoms. The van der Waals surface area contributed by atoms with Gasteiger partial charge in [-0.25, -0.2) is 13.2 Å². The maximum atomic E-state index is 12.7. The quantitative estimate of drug-likeness (QED) is 0.781. The monoisotopic (exact) mass is 351 g/mol. The van der Waals surface area contributed by atoms with Gasteiger partial charge in [0.05, 0.1) is 10.5 Å². The van der Waals surface area contributed by atoms with Crippen LogP contribution in [0.2, 0.25) is 0 Å². The van der Waals surface area contributed by atoms with Gasteiger partial charge in [-0.3, -0.25) is 0 Å². The summed E-state index contributed by atoms with van der Waals surface area (Å²) in [5.41, 5.74) is 0.318. The molecule has 24 heavy (non-hydrogen) atoms. The molecule has 1 aromatic carbocycles. The van der Waals surface area contributed by atoms with E-state index in [1.165, 1.54) is 16.8 Å². The van der Waals surface area contributed by atoms with Crippen molar-refractivity contribution < 1.29 is 17.9 Å². The Morgan fingerprint density at radius 3 is 2.38 bits per heavy atom. The fraction of sp³-hybridized carbons (Fsp3) is 0.611. The van der Waals surface area contributed by atoms with E-state index in [9.17, 15) is 13.2 Å². The molecular formula is C18H25NO4S. The van der Waals surface area contributed by atoms with E-state index in [2.05, 4.69) is 0 Å². The minimum atomic E-state index is -3.53. The number of esters is 1. The third-order valence-electron chi connectivity index (χ3n) is 4.85. The zero-order chi connectivity index (χ0) is 17.0. The van der Waals surface area contributed by atoms with Crippen molar-refractivity contribution in [3.05, 3.63) is 29.8 Å². The number of hydrogen-bond acceptors (Lipinski definition) is 4. The van der Waals surface area contributed by atoms with Crippen molar-refractivity contribution in [1.82, 2.24) is 4.31 Å². The molecule has 0 spiro atoms. The molecule has 2 fully saturated rings. The van der Waals surface area contributed by atoms with Gasteiger partial charge < -0.3 is 4.74 Å². The first-order chi connectivity index (χ1) is 11.6. The standard InChI is InChI=1S/C18H25NO4S/c20-18(23-16-9-3-1-4-10-16)15-8-7-11-17(14-15)24(21,22)19-12-5-2-6-13-19/h7-8,11,14,16H,1-6,9-10,12-13H2. The van der Waals surface area contributed by atoms with Crippen LogP contribution in [0.4, 0.5) is 0 Å². The number of carbonyl (C=O) groups excluding carboxylic acids is 1. The lowest BCUT2D eigenvalue weighted by atomic mass is 9.98. The van der Waals surface area contributed by atoms with Crippen LogP contribution in [-0.4, -0.2) is 37.9 Å². The molecule has 0 amide bonds. The Hall–Kier alpha value is -1.40. The molecule has 1 saturated carbocycles. The molecule has 1 heterocycles. The SMILES string of the molecule is O=C(OC1CCCCC1)c1cccc(S(=O)(=O)N2CCCCC2)c1. The van der Waals surface area contributed by atoms with Crippen LogP contribution >= 0.6 is 0 Å². The predicted octanol–water partition coefficient (Wildman–Crippen LogP) is 3.35.